The van der Waals surface area contributed by atoms with Crippen LogP contribution in [0.25, 0.3) is 0 Å². The van der Waals surface area contributed by atoms with Gasteiger partial charge in [0.05, 0.1) is 0 Å². The van der Waals surface area contributed by atoms with Gasteiger partial charge >= 0.3 is 0 Å². The molecule has 2 nitrogen and oxygen atoms in total. The summed E-state index contributed by atoms with van der Waals surface area (Å²) in [5.41, 5.74) is 2.63. The van der Waals surface area contributed by atoms with Crippen molar-refractivity contribution in [2.24, 2.45) is 0 Å². The lowest BCUT2D eigenvalue weighted by Gasteiger charge is -2.24. The Balaban J connectivity index is 2.15. The maximum Gasteiger partial charge on any atom is 0.0412 e. The van der Waals surface area contributed by atoms with E-state index in [0.29, 0.717) is 0 Å². The van der Waals surface area contributed by atoms with Gasteiger partial charge in [-0.15, -0.1) is 0 Å². The van der Waals surface area contributed by atoms with Crippen LogP contribution in [0, 0.1) is 0 Å². The van der Waals surface area contributed by atoms with Crippen molar-refractivity contribution < 1.29 is 0 Å². The average molecular weight is 253 g/mol. The summed E-state index contributed by atoms with van der Waals surface area (Å²) >= 11 is 6.09. The van der Waals surface area contributed by atoms with Crippen LogP contribution in [-0.4, -0.2) is 19.1 Å². The lowest BCUT2D eigenvalue weighted by Crippen LogP contribution is -2.25. The molecule has 0 unspecified atom stereocenters. The molecule has 1 aliphatic carbocycles. The summed E-state index contributed by atoms with van der Waals surface area (Å²) in [7, 11) is 0. The third-order valence-electron chi connectivity index (χ3n) is 3.30. The van der Waals surface area contributed by atoms with Crippen LogP contribution >= 0.6 is 11.6 Å². The Kier molecular flexibility index (Phi) is 4.30. The SMILES string of the molecule is CCN(CC)c1ccc(Cl)cc1CNC1CC1. The standard InChI is InChI=1S/C14H21ClN2/c1-3-17(4-2)14-8-5-12(15)9-11(14)10-16-13-6-7-13/h5,8-9,13,16H,3-4,6-7,10H2,1-2H3. The summed E-state index contributed by atoms with van der Waals surface area (Å²) in [6.45, 7) is 7.38. The van der Waals surface area contributed by atoms with Gasteiger partial charge in [0.15, 0.2) is 0 Å². The molecule has 1 N–H and O–H groups in total. The normalized spacial score (nSPS) is 15.0. The Hall–Kier alpha value is -0.730. The van der Waals surface area contributed by atoms with Crippen molar-refractivity contribution >= 4 is 17.3 Å². The molecule has 1 fully saturated rings. The molecule has 1 aromatic carbocycles. The molecule has 2 rings (SSSR count). The fourth-order valence-electron chi connectivity index (χ4n) is 2.11. The molecule has 0 spiro atoms. The van der Waals surface area contributed by atoms with Crippen molar-refractivity contribution in [2.75, 3.05) is 18.0 Å². The van der Waals surface area contributed by atoms with Gasteiger partial charge in [0.1, 0.15) is 0 Å². The van der Waals surface area contributed by atoms with Gasteiger partial charge in [-0.05, 0) is 50.5 Å². The lowest BCUT2D eigenvalue weighted by molar-refractivity contribution is 0.684. The first kappa shape index (κ1) is 12.7. The zero-order valence-electron chi connectivity index (χ0n) is 10.7. The molecular weight excluding hydrogens is 232 g/mol. The van der Waals surface area contributed by atoms with Gasteiger partial charge in [-0.3, -0.25) is 0 Å². The van der Waals surface area contributed by atoms with Crippen LogP contribution in [-0.2, 0) is 6.54 Å². The number of hydrogen-bond donors (Lipinski definition) is 1. The van der Waals surface area contributed by atoms with Gasteiger partial charge in [-0.1, -0.05) is 11.6 Å². The number of anilines is 1. The number of rotatable bonds is 6. The van der Waals surface area contributed by atoms with E-state index in [-0.39, 0.29) is 0 Å². The predicted octanol–water partition coefficient (Wildman–Crippen LogP) is 3.44. The second-order valence-electron chi connectivity index (χ2n) is 4.60. The highest BCUT2D eigenvalue weighted by molar-refractivity contribution is 6.30. The number of benzene rings is 1. The molecule has 0 heterocycles. The van der Waals surface area contributed by atoms with E-state index in [4.69, 9.17) is 11.6 Å². The summed E-state index contributed by atoms with van der Waals surface area (Å²) in [6.07, 6.45) is 2.64. The van der Waals surface area contributed by atoms with Crippen molar-refractivity contribution in [1.29, 1.82) is 0 Å². The van der Waals surface area contributed by atoms with Crippen LogP contribution in [0.1, 0.15) is 32.3 Å². The maximum atomic E-state index is 6.09. The molecular formula is C14H21ClN2. The van der Waals surface area contributed by atoms with E-state index in [1.807, 2.05) is 6.07 Å². The maximum absolute atomic E-state index is 6.09. The molecule has 0 atom stereocenters. The third-order valence-corrected chi connectivity index (χ3v) is 3.54. The van der Waals surface area contributed by atoms with Crippen LogP contribution in [0.4, 0.5) is 5.69 Å². The van der Waals surface area contributed by atoms with Crippen molar-refractivity contribution in [3.8, 4) is 0 Å². The second-order valence-corrected chi connectivity index (χ2v) is 5.04. The van der Waals surface area contributed by atoms with Gasteiger partial charge in [-0.25, -0.2) is 0 Å². The Bertz CT molecular complexity index is 370. The zero-order valence-corrected chi connectivity index (χ0v) is 11.4. The Labute approximate surface area is 109 Å². The van der Waals surface area contributed by atoms with Crippen LogP contribution in [0.3, 0.4) is 0 Å². The predicted molar refractivity (Wildman–Crippen MR) is 74.9 cm³/mol. The second kappa shape index (κ2) is 5.74. The monoisotopic (exact) mass is 252 g/mol. The van der Waals surface area contributed by atoms with Crippen molar-refractivity contribution in [3.63, 3.8) is 0 Å². The minimum atomic E-state index is 0.735. The topological polar surface area (TPSA) is 15.3 Å². The van der Waals surface area contributed by atoms with Gasteiger partial charge in [0.2, 0.25) is 0 Å². The van der Waals surface area contributed by atoms with E-state index in [1.165, 1.54) is 24.1 Å². The average Bonchev–Trinajstić information content (AvgIpc) is 3.14. The van der Waals surface area contributed by atoms with E-state index >= 15 is 0 Å². The Morgan fingerprint density at radius 2 is 2.00 bits per heavy atom. The summed E-state index contributed by atoms with van der Waals surface area (Å²) in [5, 5.41) is 4.39. The zero-order chi connectivity index (χ0) is 12.3. The quantitative estimate of drug-likeness (QED) is 0.835. The third kappa shape index (κ3) is 3.36. The highest BCUT2D eigenvalue weighted by Crippen LogP contribution is 2.26. The van der Waals surface area contributed by atoms with Gasteiger partial charge < -0.3 is 10.2 Å². The first-order valence-electron chi connectivity index (χ1n) is 6.51. The summed E-state index contributed by atoms with van der Waals surface area (Å²) in [5.74, 6) is 0. The molecule has 3 heteroatoms. The molecule has 1 saturated carbocycles. The van der Waals surface area contributed by atoms with E-state index < -0.39 is 0 Å². The molecule has 1 aliphatic rings. The fraction of sp³-hybridized carbons (Fsp3) is 0.571. The number of nitrogens with zero attached hydrogens (tertiary/aromatic N) is 1. The summed E-state index contributed by atoms with van der Waals surface area (Å²) in [6, 6.07) is 6.94. The van der Waals surface area contributed by atoms with E-state index in [1.54, 1.807) is 0 Å². The lowest BCUT2D eigenvalue weighted by atomic mass is 10.1. The van der Waals surface area contributed by atoms with Crippen LogP contribution in [0.15, 0.2) is 18.2 Å². The minimum Gasteiger partial charge on any atom is -0.372 e. The van der Waals surface area contributed by atoms with Crippen molar-refractivity contribution in [1.82, 2.24) is 5.32 Å². The Morgan fingerprint density at radius 3 is 2.59 bits per heavy atom. The Morgan fingerprint density at radius 1 is 1.29 bits per heavy atom. The smallest absolute Gasteiger partial charge is 0.0412 e. The van der Waals surface area contributed by atoms with Gasteiger partial charge in [0, 0.05) is 36.4 Å². The van der Waals surface area contributed by atoms with Crippen molar-refractivity contribution in [3.05, 3.63) is 28.8 Å². The number of hydrogen-bond acceptors (Lipinski definition) is 2. The fourth-order valence-corrected chi connectivity index (χ4v) is 2.30. The highest BCUT2D eigenvalue weighted by Gasteiger charge is 2.20. The molecule has 0 amide bonds. The molecule has 17 heavy (non-hydrogen) atoms. The molecule has 0 radical (unpaired) electrons. The molecule has 1 aromatic rings. The summed E-state index contributed by atoms with van der Waals surface area (Å²) in [4.78, 5) is 2.38. The first-order valence-corrected chi connectivity index (χ1v) is 6.89. The largest absolute Gasteiger partial charge is 0.372 e. The van der Waals surface area contributed by atoms with E-state index in [2.05, 4.69) is 36.2 Å². The highest BCUT2D eigenvalue weighted by atomic mass is 35.5. The first-order chi connectivity index (χ1) is 8.24. The molecule has 0 aromatic heterocycles. The summed E-state index contributed by atoms with van der Waals surface area (Å²) < 4.78 is 0. The van der Waals surface area contributed by atoms with Crippen LogP contribution in [0.2, 0.25) is 5.02 Å². The van der Waals surface area contributed by atoms with E-state index in [0.717, 1.165) is 30.7 Å². The van der Waals surface area contributed by atoms with Crippen LogP contribution in [0.5, 0.6) is 0 Å². The number of halogens is 1. The van der Waals surface area contributed by atoms with Crippen LogP contribution < -0.4 is 10.2 Å². The van der Waals surface area contributed by atoms with Gasteiger partial charge in [0.25, 0.3) is 0 Å². The molecule has 0 saturated heterocycles. The van der Waals surface area contributed by atoms with Crippen molar-refractivity contribution in [2.45, 2.75) is 39.3 Å². The molecule has 94 valence electrons. The van der Waals surface area contributed by atoms with E-state index in [9.17, 15) is 0 Å². The number of nitrogens with one attached hydrogen (secondary N) is 1. The molecule has 0 aliphatic heterocycles. The van der Waals surface area contributed by atoms with Gasteiger partial charge in [-0.2, -0.15) is 0 Å². The minimum absolute atomic E-state index is 0.735. The molecule has 0 bridgehead atoms.